The summed E-state index contributed by atoms with van der Waals surface area (Å²) >= 11 is 6.57. The normalized spacial score (nSPS) is 12.0. The summed E-state index contributed by atoms with van der Waals surface area (Å²) < 4.78 is 7.65. The number of tetrazole rings is 1. The van der Waals surface area contributed by atoms with Crippen LogP contribution < -0.4 is 5.73 Å². The fourth-order valence-corrected chi connectivity index (χ4v) is 4.93. The first-order valence-electron chi connectivity index (χ1n) is 13.8. The molecular weight excluding hydrogens is 560 g/mol. The topological polar surface area (TPSA) is 165 Å². The van der Waals surface area contributed by atoms with Gasteiger partial charge in [-0.05, 0) is 41.8 Å². The van der Waals surface area contributed by atoms with Crippen molar-refractivity contribution in [2.75, 3.05) is 13.7 Å². The van der Waals surface area contributed by atoms with E-state index in [0.717, 1.165) is 47.3 Å². The number of rotatable bonds is 15. The second kappa shape index (κ2) is 14.7. The van der Waals surface area contributed by atoms with Crippen molar-refractivity contribution in [1.29, 1.82) is 0 Å². The maximum Gasteiger partial charge on any atom is 0.323 e. The molecule has 222 valence electrons. The molecule has 0 unspecified atom stereocenters. The molecule has 0 aliphatic rings. The molecule has 0 fully saturated rings. The zero-order chi connectivity index (χ0) is 30.1. The Kier molecular flexibility index (Phi) is 10.8. The van der Waals surface area contributed by atoms with Gasteiger partial charge in [0.05, 0.1) is 5.69 Å². The number of hydrogen-bond acceptors (Lipinski definition) is 9. The number of H-pyrrole nitrogens is 1. The van der Waals surface area contributed by atoms with E-state index in [0.29, 0.717) is 18.1 Å². The van der Waals surface area contributed by atoms with Gasteiger partial charge in [0.15, 0.2) is 5.15 Å². The minimum Gasteiger partial charge on any atom is -0.481 e. The lowest BCUT2D eigenvalue weighted by molar-refractivity contribution is -0.151. The van der Waals surface area contributed by atoms with Crippen LogP contribution in [0.5, 0.6) is 0 Å². The summed E-state index contributed by atoms with van der Waals surface area (Å²) in [5.74, 6) is -0.233. The number of halogens is 1. The van der Waals surface area contributed by atoms with E-state index in [1.807, 2.05) is 53.1 Å². The lowest BCUT2D eigenvalue weighted by atomic mass is 9.98. The number of carbonyl (C=O) groups is 2. The molecule has 0 spiro atoms. The van der Waals surface area contributed by atoms with Gasteiger partial charge in [0.1, 0.15) is 18.5 Å². The monoisotopic (exact) mass is 594 g/mol. The van der Waals surface area contributed by atoms with Crippen molar-refractivity contribution in [2.45, 2.75) is 58.2 Å². The van der Waals surface area contributed by atoms with Crippen molar-refractivity contribution in [3.63, 3.8) is 0 Å². The maximum absolute atomic E-state index is 13.0. The van der Waals surface area contributed by atoms with E-state index in [9.17, 15) is 9.59 Å². The molecule has 42 heavy (non-hydrogen) atoms. The van der Waals surface area contributed by atoms with E-state index in [-0.39, 0.29) is 31.3 Å². The maximum atomic E-state index is 13.0. The molecule has 2 aromatic carbocycles. The van der Waals surface area contributed by atoms with Crippen LogP contribution in [0, 0.1) is 0 Å². The molecule has 13 heteroatoms. The quantitative estimate of drug-likeness (QED) is 0.136. The minimum absolute atomic E-state index is 0.0782. The third-order valence-electron chi connectivity index (χ3n) is 7.05. The van der Waals surface area contributed by atoms with Crippen molar-refractivity contribution >= 4 is 23.5 Å². The summed E-state index contributed by atoms with van der Waals surface area (Å²) in [6, 6.07) is 15.2. The number of nitrogens with two attached hydrogens (primary N) is 1. The Morgan fingerprint density at radius 1 is 1.17 bits per heavy atom. The second-order valence-corrected chi connectivity index (χ2v) is 10.3. The van der Waals surface area contributed by atoms with Gasteiger partial charge >= 0.3 is 11.9 Å². The average molecular weight is 595 g/mol. The zero-order valence-electron chi connectivity index (χ0n) is 23.7. The smallest absolute Gasteiger partial charge is 0.323 e. The number of imidazole rings is 1. The van der Waals surface area contributed by atoms with Crippen LogP contribution in [0.3, 0.4) is 0 Å². The Morgan fingerprint density at radius 2 is 1.90 bits per heavy atom. The highest BCUT2D eigenvalue weighted by Gasteiger charge is 2.26. The van der Waals surface area contributed by atoms with Gasteiger partial charge in [0.25, 0.3) is 0 Å². The highest BCUT2D eigenvalue weighted by molar-refractivity contribution is 6.30. The van der Waals surface area contributed by atoms with Crippen LogP contribution in [0.1, 0.15) is 49.7 Å². The van der Waals surface area contributed by atoms with Gasteiger partial charge in [-0.1, -0.05) is 73.5 Å². The van der Waals surface area contributed by atoms with Crippen LogP contribution in [-0.4, -0.2) is 71.9 Å². The lowest BCUT2D eigenvalue weighted by Gasteiger charge is -2.24. The molecule has 0 radical (unpaired) electrons. The van der Waals surface area contributed by atoms with Crippen molar-refractivity contribution in [2.24, 2.45) is 5.73 Å². The summed E-state index contributed by atoms with van der Waals surface area (Å²) in [7, 11) is 1.65. The number of aliphatic carboxylic acids is 1. The van der Waals surface area contributed by atoms with Gasteiger partial charge in [-0.2, -0.15) is 5.21 Å². The molecule has 2 heterocycles. The molecule has 1 atom stereocenters. The number of unbranched alkanes of at least 4 members (excludes halogenated alkanes) is 1. The molecule has 0 aliphatic heterocycles. The summed E-state index contributed by atoms with van der Waals surface area (Å²) in [4.78, 5) is 30.2. The SMILES string of the molecule is CCCCc1nc(Cl)c(COC(=O)[C@H](CCC(=O)O)N(C)CN)n1Cc1ccc(-c2ccccc2-c2nn[nH]n2)cc1. The van der Waals surface area contributed by atoms with E-state index in [1.54, 1.807) is 11.9 Å². The zero-order valence-corrected chi connectivity index (χ0v) is 24.4. The second-order valence-electron chi connectivity index (χ2n) is 9.93. The van der Waals surface area contributed by atoms with E-state index in [4.69, 9.17) is 27.2 Å². The van der Waals surface area contributed by atoms with Crippen LogP contribution in [0.4, 0.5) is 0 Å². The molecule has 0 saturated heterocycles. The van der Waals surface area contributed by atoms with Crippen molar-refractivity contribution < 1.29 is 19.4 Å². The number of esters is 1. The number of nitrogens with zero attached hydrogens (tertiary/aromatic N) is 6. The predicted octanol–water partition coefficient (Wildman–Crippen LogP) is 3.90. The molecule has 2 aromatic heterocycles. The Balaban J connectivity index is 1.56. The highest BCUT2D eigenvalue weighted by atomic mass is 35.5. The first-order valence-corrected chi connectivity index (χ1v) is 14.1. The Hall–Kier alpha value is -4.13. The number of hydrogen-bond donors (Lipinski definition) is 3. The number of benzene rings is 2. The van der Waals surface area contributed by atoms with Gasteiger partial charge in [-0.3, -0.25) is 14.5 Å². The molecule has 4 rings (SSSR count). The number of carboxylic acids is 1. The van der Waals surface area contributed by atoms with Crippen molar-refractivity contribution in [1.82, 2.24) is 35.1 Å². The summed E-state index contributed by atoms with van der Waals surface area (Å²) in [5, 5.41) is 23.8. The first-order chi connectivity index (χ1) is 20.3. The number of carboxylic acid groups (broad SMARTS) is 1. The Bertz CT molecular complexity index is 1470. The Labute approximate surface area is 248 Å². The molecule has 12 nitrogen and oxygen atoms in total. The molecule has 0 bridgehead atoms. The van der Waals surface area contributed by atoms with Crippen LogP contribution >= 0.6 is 11.6 Å². The van der Waals surface area contributed by atoms with Gasteiger partial charge in [-0.25, -0.2) is 4.98 Å². The summed E-state index contributed by atoms with van der Waals surface area (Å²) in [6.45, 7) is 2.56. The van der Waals surface area contributed by atoms with Gasteiger partial charge in [-0.15, -0.1) is 10.2 Å². The summed E-state index contributed by atoms with van der Waals surface area (Å²) in [5.41, 5.74) is 10.2. The standard InChI is InChI=1S/C29H35ClN8O4/c1-3-4-9-25-32-27(30)24(17-42-29(41)23(37(2)18-31)14-15-26(39)40)38(25)16-19-10-12-20(13-11-19)21-7-5-6-8-22(21)28-33-35-36-34-28/h5-8,10-13,23H,3-4,9,14-18,31H2,1-2H3,(H,39,40)(H,33,34,35,36)/t23-/m0/s1. The van der Waals surface area contributed by atoms with E-state index in [2.05, 4.69) is 32.5 Å². The van der Waals surface area contributed by atoms with Crippen LogP contribution in [0.25, 0.3) is 22.5 Å². The molecular formula is C29H35ClN8O4. The number of ether oxygens (including phenoxy) is 1. The number of carbonyl (C=O) groups excluding carboxylic acids is 1. The van der Waals surface area contributed by atoms with E-state index < -0.39 is 18.0 Å². The number of likely N-dealkylation sites (N-methyl/N-ethyl adjacent to an activating group) is 1. The van der Waals surface area contributed by atoms with Crippen molar-refractivity contribution in [3.8, 4) is 22.5 Å². The van der Waals surface area contributed by atoms with E-state index in [1.165, 1.54) is 0 Å². The predicted molar refractivity (Wildman–Crippen MR) is 157 cm³/mol. The first kappa shape index (κ1) is 30.8. The van der Waals surface area contributed by atoms with Crippen molar-refractivity contribution in [3.05, 3.63) is 70.8 Å². The largest absolute Gasteiger partial charge is 0.481 e. The number of nitrogens with one attached hydrogen (secondary N) is 1. The van der Waals surface area contributed by atoms with Gasteiger partial charge < -0.3 is 20.1 Å². The van der Waals surface area contributed by atoms with Gasteiger partial charge in [0, 0.05) is 31.6 Å². The van der Waals surface area contributed by atoms with Crippen LogP contribution in [0.15, 0.2) is 48.5 Å². The molecule has 0 aliphatic carbocycles. The highest BCUT2D eigenvalue weighted by Crippen LogP contribution is 2.30. The number of aromatic nitrogens is 6. The Morgan fingerprint density at radius 3 is 2.55 bits per heavy atom. The van der Waals surface area contributed by atoms with E-state index >= 15 is 0 Å². The summed E-state index contributed by atoms with van der Waals surface area (Å²) in [6.07, 6.45) is 2.53. The molecule has 0 amide bonds. The number of aromatic amines is 1. The minimum atomic E-state index is -0.996. The molecule has 4 N–H and O–H groups in total. The average Bonchev–Trinajstić information content (AvgIpc) is 3.63. The molecule has 0 saturated carbocycles. The third kappa shape index (κ3) is 7.58. The lowest BCUT2D eigenvalue weighted by Crippen LogP contribution is -2.43. The van der Waals surface area contributed by atoms with Crippen LogP contribution in [0.2, 0.25) is 5.15 Å². The van der Waals surface area contributed by atoms with Gasteiger partial charge in [0.2, 0.25) is 5.82 Å². The third-order valence-corrected chi connectivity index (χ3v) is 7.35. The van der Waals surface area contributed by atoms with Crippen LogP contribution in [-0.2, 0) is 33.9 Å². The number of aryl methyl sites for hydroxylation is 1. The fourth-order valence-electron chi connectivity index (χ4n) is 4.67. The molecule has 4 aromatic rings. The fraction of sp³-hybridized carbons (Fsp3) is 0.379.